The lowest BCUT2D eigenvalue weighted by Gasteiger charge is -2.18. The number of aromatic nitrogens is 2. The first-order valence-electron chi connectivity index (χ1n) is 5.51. The molecule has 3 heterocycles. The maximum atomic E-state index is 5.61. The molecule has 0 saturated carbocycles. The summed E-state index contributed by atoms with van der Waals surface area (Å²) in [5.41, 5.74) is 0. The van der Waals surface area contributed by atoms with Gasteiger partial charge >= 0.3 is 0 Å². The number of furan rings is 1. The third-order valence-corrected chi connectivity index (χ3v) is 2.82. The van der Waals surface area contributed by atoms with Crippen molar-refractivity contribution in [2.75, 3.05) is 13.1 Å². The van der Waals surface area contributed by atoms with E-state index in [1.165, 1.54) is 0 Å². The maximum absolute atomic E-state index is 5.61. The van der Waals surface area contributed by atoms with Gasteiger partial charge in [-0.3, -0.25) is 0 Å². The van der Waals surface area contributed by atoms with Gasteiger partial charge in [-0.25, -0.2) is 0 Å². The van der Waals surface area contributed by atoms with Crippen LogP contribution >= 0.6 is 0 Å². The average molecular weight is 219 g/mol. The Morgan fingerprint density at radius 3 is 3.12 bits per heavy atom. The van der Waals surface area contributed by atoms with Crippen LogP contribution in [0.25, 0.3) is 11.7 Å². The Morgan fingerprint density at radius 2 is 2.38 bits per heavy atom. The Hall–Kier alpha value is -1.62. The first-order chi connectivity index (χ1) is 7.93. The van der Waals surface area contributed by atoms with Gasteiger partial charge in [-0.05, 0) is 31.5 Å². The summed E-state index contributed by atoms with van der Waals surface area (Å²) in [4.78, 5) is 0. The first-order valence-corrected chi connectivity index (χ1v) is 5.51. The molecular formula is C11H13N3O2. The Labute approximate surface area is 92.9 Å². The van der Waals surface area contributed by atoms with Crippen molar-refractivity contribution in [3.8, 4) is 11.7 Å². The molecule has 1 saturated heterocycles. The maximum Gasteiger partial charge on any atom is 0.283 e. The van der Waals surface area contributed by atoms with Crippen molar-refractivity contribution in [1.29, 1.82) is 0 Å². The average Bonchev–Trinajstić information content (AvgIpc) is 3.01. The number of rotatable bonds is 2. The normalized spacial score (nSPS) is 21.1. The van der Waals surface area contributed by atoms with Crippen molar-refractivity contribution in [2.24, 2.45) is 0 Å². The third-order valence-electron chi connectivity index (χ3n) is 2.82. The smallest absolute Gasteiger partial charge is 0.283 e. The van der Waals surface area contributed by atoms with E-state index in [0.717, 1.165) is 25.9 Å². The molecule has 1 N–H and O–H groups in total. The Kier molecular flexibility index (Phi) is 2.46. The summed E-state index contributed by atoms with van der Waals surface area (Å²) in [5.74, 6) is 2.14. The van der Waals surface area contributed by atoms with Gasteiger partial charge in [0, 0.05) is 12.5 Å². The largest absolute Gasteiger partial charge is 0.459 e. The lowest BCUT2D eigenvalue weighted by Crippen LogP contribution is -2.28. The fourth-order valence-corrected chi connectivity index (χ4v) is 1.96. The zero-order chi connectivity index (χ0) is 10.8. The second kappa shape index (κ2) is 4.09. The zero-order valence-electron chi connectivity index (χ0n) is 8.85. The molecule has 1 fully saturated rings. The molecule has 5 heteroatoms. The van der Waals surface area contributed by atoms with Crippen LogP contribution in [0.3, 0.4) is 0 Å². The molecule has 1 unspecified atom stereocenters. The van der Waals surface area contributed by atoms with Crippen molar-refractivity contribution in [2.45, 2.75) is 18.8 Å². The molecule has 84 valence electrons. The highest BCUT2D eigenvalue weighted by molar-refractivity contribution is 5.42. The summed E-state index contributed by atoms with van der Waals surface area (Å²) in [6.07, 6.45) is 3.86. The molecule has 0 spiro atoms. The molecular weight excluding hydrogens is 206 g/mol. The molecule has 1 aliphatic rings. The van der Waals surface area contributed by atoms with E-state index in [2.05, 4.69) is 15.5 Å². The van der Waals surface area contributed by atoms with Gasteiger partial charge < -0.3 is 14.2 Å². The standard InChI is InChI=1S/C11H13N3O2/c1-3-8(7-12-5-1)10-13-14-11(16-10)9-4-2-6-15-9/h2,4,6,8,12H,1,3,5,7H2. The molecule has 1 atom stereocenters. The third kappa shape index (κ3) is 1.74. The van der Waals surface area contributed by atoms with Crippen LogP contribution in [0.2, 0.25) is 0 Å². The minimum absolute atomic E-state index is 0.338. The van der Waals surface area contributed by atoms with E-state index in [4.69, 9.17) is 8.83 Å². The van der Waals surface area contributed by atoms with Crippen LogP contribution in [0.5, 0.6) is 0 Å². The van der Waals surface area contributed by atoms with Gasteiger partial charge in [0.25, 0.3) is 5.89 Å². The summed E-state index contributed by atoms with van der Waals surface area (Å²) in [6.45, 7) is 2.00. The van der Waals surface area contributed by atoms with Crippen LogP contribution < -0.4 is 5.32 Å². The summed E-state index contributed by atoms with van der Waals surface area (Å²) >= 11 is 0. The number of hydrogen-bond donors (Lipinski definition) is 1. The van der Waals surface area contributed by atoms with Gasteiger partial charge in [0.1, 0.15) is 0 Å². The van der Waals surface area contributed by atoms with Crippen molar-refractivity contribution in [3.63, 3.8) is 0 Å². The molecule has 1 aliphatic heterocycles. The van der Waals surface area contributed by atoms with E-state index >= 15 is 0 Å². The Bertz CT molecular complexity index is 444. The fraction of sp³-hybridized carbons (Fsp3) is 0.455. The molecule has 16 heavy (non-hydrogen) atoms. The molecule has 0 aromatic carbocycles. The fourth-order valence-electron chi connectivity index (χ4n) is 1.96. The highest BCUT2D eigenvalue weighted by atomic mass is 16.4. The number of nitrogens with zero attached hydrogens (tertiary/aromatic N) is 2. The number of piperidine rings is 1. The Balaban J connectivity index is 1.82. The summed E-state index contributed by atoms with van der Waals surface area (Å²) in [6, 6.07) is 3.62. The zero-order valence-corrected chi connectivity index (χ0v) is 8.85. The predicted octanol–water partition coefficient (Wildman–Crippen LogP) is 1.80. The van der Waals surface area contributed by atoms with Crippen LogP contribution in [0, 0.1) is 0 Å². The molecule has 0 bridgehead atoms. The van der Waals surface area contributed by atoms with E-state index in [1.54, 1.807) is 12.3 Å². The van der Waals surface area contributed by atoms with Gasteiger partial charge in [0.15, 0.2) is 5.76 Å². The van der Waals surface area contributed by atoms with Crippen LogP contribution in [0.15, 0.2) is 27.2 Å². The Morgan fingerprint density at radius 1 is 1.38 bits per heavy atom. The molecule has 0 radical (unpaired) electrons. The van der Waals surface area contributed by atoms with E-state index in [1.807, 2.05) is 6.07 Å². The lowest BCUT2D eigenvalue weighted by molar-refractivity contribution is 0.377. The lowest BCUT2D eigenvalue weighted by atomic mass is 10.00. The van der Waals surface area contributed by atoms with Crippen molar-refractivity contribution < 1.29 is 8.83 Å². The molecule has 0 amide bonds. The summed E-state index contributed by atoms with van der Waals surface area (Å²) < 4.78 is 10.8. The van der Waals surface area contributed by atoms with Crippen LogP contribution in [0.1, 0.15) is 24.7 Å². The van der Waals surface area contributed by atoms with Crippen LogP contribution in [-0.4, -0.2) is 23.3 Å². The first kappa shape index (κ1) is 9.59. The second-order valence-electron chi connectivity index (χ2n) is 3.97. The van der Waals surface area contributed by atoms with Gasteiger partial charge in [0.2, 0.25) is 5.89 Å². The van der Waals surface area contributed by atoms with Crippen LogP contribution in [0.4, 0.5) is 0 Å². The monoisotopic (exact) mass is 219 g/mol. The highest BCUT2D eigenvalue weighted by Gasteiger charge is 2.21. The molecule has 2 aromatic heterocycles. The van der Waals surface area contributed by atoms with E-state index in [-0.39, 0.29) is 0 Å². The van der Waals surface area contributed by atoms with Crippen LogP contribution in [-0.2, 0) is 0 Å². The highest BCUT2D eigenvalue weighted by Crippen LogP contribution is 2.25. The van der Waals surface area contributed by atoms with Gasteiger partial charge in [-0.1, -0.05) is 0 Å². The van der Waals surface area contributed by atoms with E-state index in [9.17, 15) is 0 Å². The quantitative estimate of drug-likeness (QED) is 0.834. The van der Waals surface area contributed by atoms with Crippen molar-refractivity contribution >= 4 is 0 Å². The topological polar surface area (TPSA) is 64.1 Å². The number of hydrogen-bond acceptors (Lipinski definition) is 5. The molecule has 0 aliphatic carbocycles. The minimum atomic E-state index is 0.338. The predicted molar refractivity (Wildman–Crippen MR) is 56.8 cm³/mol. The molecule has 2 aromatic rings. The van der Waals surface area contributed by atoms with E-state index < -0.39 is 0 Å². The van der Waals surface area contributed by atoms with Gasteiger partial charge in [-0.15, -0.1) is 10.2 Å². The van der Waals surface area contributed by atoms with Crippen molar-refractivity contribution in [3.05, 3.63) is 24.3 Å². The molecule has 5 nitrogen and oxygen atoms in total. The SMILES string of the molecule is c1coc(-c2nnc(C3CCCNC3)o2)c1. The van der Waals surface area contributed by atoms with E-state index in [0.29, 0.717) is 23.5 Å². The second-order valence-corrected chi connectivity index (χ2v) is 3.97. The van der Waals surface area contributed by atoms with Crippen molar-refractivity contribution in [1.82, 2.24) is 15.5 Å². The summed E-state index contributed by atoms with van der Waals surface area (Å²) in [5, 5.41) is 11.4. The summed E-state index contributed by atoms with van der Waals surface area (Å²) in [7, 11) is 0. The molecule has 3 rings (SSSR count). The minimum Gasteiger partial charge on any atom is -0.459 e. The number of nitrogens with one attached hydrogen (secondary N) is 1. The van der Waals surface area contributed by atoms with Gasteiger partial charge in [-0.2, -0.15) is 0 Å². The van der Waals surface area contributed by atoms with Gasteiger partial charge in [0.05, 0.1) is 6.26 Å².